The van der Waals surface area contributed by atoms with Gasteiger partial charge in [0.05, 0.1) is 17.7 Å². The Balaban J connectivity index is 1.92. The average Bonchev–Trinajstić information content (AvgIpc) is 2.59. The van der Waals surface area contributed by atoms with Gasteiger partial charge in [0.1, 0.15) is 0 Å². The minimum Gasteiger partial charge on any atom is -0.494 e. The van der Waals surface area contributed by atoms with E-state index in [1.165, 1.54) is 43.5 Å². The highest BCUT2D eigenvalue weighted by Gasteiger charge is 2.13. The highest BCUT2D eigenvalue weighted by atomic mass is 32.2. The van der Waals surface area contributed by atoms with Crippen molar-refractivity contribution in [2.24, 2.45) is 5.14 Å². The van der Waals surface area contributed by atoms with E-state index in [0.29, 0.717) is 5.69 Å². The molecule has 0 saturated heterocycles. The first-order chi connectivity index (χ1) is 12.2. The molecule has 0 aliphatic carbocycles. The maximum atomic E-state index is 13.6. The van der Waals surface area contributed by atoms with Crippen molar-refractivity contribution in [2.75, 3.05) is 12.5 Å². The molecule has 0 aromatic heterocycles. The molecule has 3 amide bonds. The van der Waals surface area contributed by atoms with Crippen molar-refractivity contribution in [2.45, 2.75) is 4.90 Å². The van der Waals surface area contributed by atoms with Gasteiger partial charge in [-0.1, -0.05) is 0 Å². The fourth-order valence-electron chi connectivity index (χ4n) is 1.87. The number of rotatable bonds is 5. The monoisotopic (exact) mass is 382 g/mol. The van der Waals surface area contributed by atoms with Crippen LogP contribution in [0.5, 0.6) is 5.75 Å². The average molecular weight is 382 g/mol. The van der Waals surface area contributed by atoms with Crippen LogP contribution in [-0.2, 0) is 10.0 Å². The molecule has 11 heteroatoms. The zero-order chi connectivity index (χ0) is 19.3. The molecule has 0 radical (unpaired) electrons. The Hall–Kier alpha value is -3.18. The quantitative estimate of drug-likeness (QED) is 0.568. The van der Waals surface area contributed by atoms with Crippen LogP contribution >= 0.6 is 0 Å². The van der Waals surface area contributed by atoms with Gasteiger partial charge in [0.2, 0.25) is 10.0 Å². The summed E-state index contributed by atoms with van der Waals surface area (Å²) in [4.78, 5) is 23.5. The van der Waals surface area contributed by atoms with Crippen LogP contribution in [0.2, 0.25) is 0 Å². The Morgan fingerprint density at radius 1 is 1.12 bits per heavy atom. The second kappa shape index (κ2) is 7.80. The van der Waals surface area contributed by atoms with Crippen LogP contribution < -0.4 is 26.0 Å². The molecule has 2 rings (SSSR count). The molecule has 0 fully saturated rings. The first kappa shape index (κ1) is 19.1. The predicted molar refractivity (Wildman–Crippen MR) is 90.4 cm³/mol. The third kappa shape index (κ3) is 4.91. The number of hydrogen-bond acceptors (Lipinski definition) is 6. The Bertz CT molecular complexity index is 932. The lowest BCUT2D eigenvalue weighted by Crippen LogP contribution is -2.42. The van der Waals surface area contributed by atoms with Gasteiger partial charge in [-0.3, -0.25) is 21.0 Å². The number of carbonyl (C=O) groups excluding carboxylic acids is 2. The van der Waals surface area contributed by atoms with E-state index in [9.17, 15) is 22.4 Å². The van der Waals surface area contributed by atoms with Gasteiger partial charge in [0, 0.05) is 5.56 Å². The second-order valence-corrected chi connectivity index (χ2v) is 6.51. The number of imide groups is 1. The highest BCUT2D eigenvalue weighted by Crippen LogP contribution is 2.17. The van der Waals surface area contributed by atoms with Crippen molar-refractivity contribution >= 4 is 27.6 Å². The van der Waals surface area contributed by atoms with Crippen LogP contribution in [0.3, 0.4) is 0 Å². The van der Waals surface area contributed by atoms with Crippen molar-refractivity contribution in [1.82, 2.24) is 10.7 Å². The number of carbonyl (C=O) groups is 2. The van der Waals surface area contributed by atoms with Crippen LogP contribution in [0.25, 0.3) is 0 Å². The van der Waals surface area contributed by atoms with Crippen LogP contribution in [0.1, 0.15) is 10.4 Å². The number of hydrogen-bond donors (Lipinski definition) is 4. The summed E-state index contributed by atoms with van der Waals surface area (Å²) >= 11 is 0. The van der Waals surface area contributed by atoms with E-state index in [4.69, 9.17) is 9.88 Å². The van der Waals surface area contributed by atoms with E-state index >= 15 is 0 Å². The molecule has 0 unspecified atom stereocenters. The van der Waals surface area contributed by atoms with Gasteiger partial charge in [0.25, 0.3) is 5.91 Å². The molecule has 26 heavy (non-hydrogen) atoms. The van der Waals surface area contributed by atoms with E-state index in [2.05, 4.69) is 10.9 Å². The van der Waals surface area contributed by atoms with Crippen molar-refractivity contribution in [1.29, 1.82) is 0 Å². The molecule has 9 nitrogen and oxygen atoms in total. The predicted octanol–water partition coefficient (Wildman–Crippen LogP) is 0.948. The van der Waals surface area contributed by atoms with Crippen molar-refractivity contribution < 1.29 is 27.1 Å². The molecule has 0 spiro atoms. The molecule has 5 N–H and O–H groups in total. The lowest BCUT2D eigenvalue weighted by molar-refractivity contribution is 0.0964. The first-order valence-electron chi connectivity index (χ1n) is 7.04. The lowest BCUT2D eigenvalue weighted by atomic mass is 10.2. The molecule has 0 bridgehead atoms. The highest BCUT2D eigenvalue weighted by molar-refractivity contribution is 7.89. The molecular weight excluding hydrogens is 367 g/mol. The smallest absolute Gasteiger partial charge is 0.340 e. The number of primary sulfonamides is 1. The fourth-order valence-corrected chi connectivity index (χ4v) is 2.39. The van der Waals surface area contributed by atoms with Gasteiger partial charge in [-0.25, -0.2) is 22.7 Å². The Kier molecular flexibility index (Phi) is 5.75. The van der Waals surface area contributed by atoms with E-state index in [0.717, 1.165) is 6.07 Å². The van der Waals surface area contributed by atoms with Crippen LogP contribution in [0.4, 0.5) is 14.9 Å². The Labute approximate surface area is 148 Å². The van der Waals surface area contributed by atoms with Crippen LogP contribution in [0, 0.1) is 5.82 Å². The fraction of sp³-hybridized carbons (Fsp3) is 0.0667. The van der Waals surface area contributed by atoms with Gasteiger partial charge in [0.15, 0.2) is 11.6 Å². The lowest BCUT2D eigenvalue weighted by Gasteiger charge is -2.10. The molecule has 0 atom stereocenters. The number of nitrogens with one attached hydrogen (secondary N) is 3. The molecule has 0 aliphatic rings. The number of nitrogens with two attached hydrogens (primary N) is 1. The summed E-state index contributed by atoms with van der Waals surface area (Å²) in [5.74, 6) is -1.60. The summed E-state index contributed by atoms with van der Waals surface area (Å²) in [6.45, 7) is 0. The molecule has 2 aromatic rings. The summed E-state index contributed by atoms with van der Waals surface area (Å²) in [6, 6.07) is 7.78. The van der Waals surface area contributed by atoms with Gasteiger partial charge in [-0.15, -0.1) is 0 Å². The number of hydrazine groups is 1. The maximum Gasteiger partial charge on any atom is 0.340 e. The number of benzene rings is 2. The summed E-state index contributed by atoms with van der Waals surface area (Å²) in [7, 11) is -2.53. The van der Waals surface area contributed by atoms with E-state index in [-0.39, 0.29) is 16.2 Å². The van der Waals surface area contributed by atoms with E-state index < -0.39 is 27.8 Å². The maximum absolute atomic E-state index is 13.6. The normalized spacial score (nSPS) is 10.7. The number of amides is 3. The summed E-state index contributed by atoms with van der Waals surface area (Å²) in [6.07, 6.45) is 0. The topological polar surface area (TPSA) is 140 Å². The number of urea groups is 1. The van der Waals surface area contributed by atoms with Crippen LogP contribution in [0.15, 0.2) is 47.4 Å². The van der Waals surface area contributed by atoms with Gasteiger partial charge < -0.3 is 4.74 Å². The van der Waals surface area contributed by atoms with E-state index in [1.54, 1.807) is 0 Å². The van der Waals surface area contributed by atoms with Crippen molar-refractivity contribution in [3.63, 3.8) is 0 Å². The standard InChI is InChI=1S/C15H15FN4O5S/c1-25-13-7-2-9(8-12(13)16)14(21)18-15(22)20-19-10-3-5-11(6-4-10)26(17,23)24/h2-8,19H,1H3,(H2,17,23,24)(H2,18,20,21,22). The molecule has 138 valence electrons. The Morgan fingerprint density at radius 2 is 1.77 bits per heavy atom. The minimum atomic E-state index is -3.82. The molecule has 0 saturated carbocycles. The molecule has 0 heterocycles. The SMILES string of the molecule is COc1ccc(C(=O)NC(=O)NNc2ccc(S(N)(=O)=O)cc2)cc1F. The van der Waals surface area contributed by atoms with Crippen molar-refractivity contribution in [3.05, 3.63) is 53.8 Å². The van der Waals surface area contributed by atoms with Gasteiger partial charge >= 0.3 is 6.03 Å². The molecular formula is C15H15FN4O5S. The summed E-state index contributed by atoms with van der Waals surface area (Å²) in [5.41, 5.74) is 4.91. The summed E-state index contributed by atoms with van der Waals surface area (Å²) < 4.78 is 40.6. The zero-order valence-corrected chi connectivity index (χ0v) is 14.3. The van der Waals surface area contributed by atoms with Gasteiger partial charge in [-0.2, -0.15) is 0 Å². The Morgan fingerprint density at radius 3 is 2.31 bits per heavy atom. The number of methoxy groups -OCH3 is 1. The summed E-state index contributed by atoms with van der Waals surface area (Å²) in [5, 5.41) is 6.96. The molecule has 0 aliphatic heterocycles. The minimum absolute atomic E-state index is 0.0318. The third-order valence-electron chi connectivity index (χ3n) is 3.14. The number of sulfonamides is 1. The molecule has 2 aromatic carbocycles. The second-order valence-electron chi connectivity index (χ2n) is 4.95. The number of ether oxygens (including phenoxy) is 1. The van der Waals surface area contributed by atoms with Gasteiger partial charge in [-0.05, 0) is 42.5 Å². The van der Waals surface area contributed by atoms with Crippen molar-refractivity contribution in [3.8, 4) is 5.75 Å². The largest absolute Gasteiger partial charge is 0.494 e. The van der Waals surface area contributed by atoms with E-state index in [1.807, 2.05) is 5.32 Å². The number of halogens is 1. The third-order valence-corrected chi connectivity index (χ3v) is 4.07. The number of anilines is 1. The van der Waals surface area contributed by atoms with Crippen LogP contribution in [-0.4, -0.2) is 27.5 Å². The first-order valence-corrected chi connectivity index (χ1v) is 8.59. The zero-order valence-electron chi connectivity index (χ0n) is 13.4.